The number of hydrogen-bond acceptors (Lipinski definition) is 6. The summed E-state index contributed by atoms with van der Waals surface area (Å²) in [5, 5.41) is 19.3. The van der Waals surface area contributed by atoms with Gasteiger partial charge in [-0.2, -0.15) is 13.2 Å². The van der Waals surface area contributed by atoms with Gasteiger partial charge in [0, 0.05) is 37.4 Å². The van der Waals surface area contributed by atoms with Crippen LogP contribution in [0.1, 0.15) is 59.1 Å². The summed E-state index contributed by atoms with van der Waals surface area (Å²) in [7, 11) is 0. The lowest BCUT2D eigenvalue weighted by molar-refractivity contribution is -0.141. The van der Waals surface area contributed by atoms with Crippen LogP contribution in [0.4, 0.5) is 13.2 Å². The summed E-state index contributed by atoms with van der Waals surface area (Å²) in [6.45, 7) is 8.84. The van der Waals surface area contributed by atoms with Crippen molar-refractivity contribution in [2.45, 2.75) is 70.6 Å². The third kappa shape index (κ3) is 5.07. The molecule has 2 aliphatic rings. The molecule has 36 heavy (non-hydrogen) atoms. The summed E-state index contributed by atoms with van der Waals surface area (Å²) in [6.07, 6.45) is -4.55. The number of aliphatic hydroxyl groups is 2. The van der Waals surface area contributed by atoms with Crippen LogP contribution in [-0.4, -0.2) is 74.9 Å². The van der Waals surface area contributed by atoms with Gasteiger partial charge in [-0.1, -0.05) is 6.07 Å². The fraction of sp³-hybridized carbons (Fsp3) is 0.538. The zero-order chi connectivity index (χ0) is 26.4. The number of halogens is 3. The number of hydrogen-bond donors (Lipinski definition) is 2. The Morgan fingerprint density at radius 2 is 1.83 bits per heavy atom. The Labute approximate surface area is 208 Å². The van der Waals surface area contributed by atoms with Crippen LogP contribution in [0, 0.1) is 13.8 Å². The van der Waals surface area contributed by atoms with Gasteiger partial charge in [0.2, 0.25) is 0 Å². The Bertz CT molecular complexity index is 1110. The molecule has 2 saturated heterocycles. The smallest absolute Gasteiger partial charge is 0.433 e. The van der Waals surface area contributed by atoms with Gasteiger partial charge in [-0.25, -0.2) is 0 Å². The number of benzene rings is 1. The average Bonchev–Trinajstić information content (AvgIpc) is 3.44. The Hall–Kier alpha value is -2.69. The van der Waals surface area contributed by atoms with E-state index in [1.807, 2.05) is 26.0 Å². The molecule has 3 heterocycles. The lowest BCUT2D eigenvalue weighted by Crippen LogP contribution is -2.49. The number of piperazine rings is 1. The van der Waals surface area contributed by atoms with Crippen LogP contribution < -0.4 is 4.74 Å². The summed E-state index contributed by atoms with van der Waals surface area (Å²) in [6, 6.07) is 6.19. The van der Waals surface area contributed by atoms with E-state index in [-0.39, 0.29) is 36.2 Å². The van der Waals surface area contributed by atoms with Crippen molar-refractivity contribution in [2.75, 3.05) is 19.7 Å². The minimum atomic E-state index is -4.54. The fourth-order valence-electron chi connectivity index (χ4n) is 5.19. The molecule has 0 aliphatic carbocycles. The molecule has 7 nitrogen and oxygen atoms in total. The van der Waals surface area contributed by atoms with Crippen molar-refractivity contribution in [1.29, 1.82) is 0 Å². The van der Waals surface area contributed by atoms with Crippen molar-refractivity contribution in [3.63, 3.8) is 0 Å². The van der Waals surface area contributed by atoms with E-state index in [2.05, 4.69) is 16.8 Å². The lowest BCUT2D eigenvalue weighted by atomic mass is 9.96. The van der Waals surface area contributed by atoms with Crippen molar-refractivity contribution in [2.24, 2.45) is 0 Å². The summed E-state index contributed by atoms with van der Waals surface area (Å²) in [4.78, 5) is 20.5. The molecule has 0 spiro atoms. The molecular formula is C26H32F3N3O4. The maximum atomic E-state index is 13.0. The number of alkyl halides is 3. The molecule has 2 fully saturated rings. The number of aliphatic hydroxyl groups excluding tert-OH is 2. The number of aromatic nitrogens is 1. The molecule has 0 saturated carbocycles. The van der Waals surface area contributed by atoms with Crippen molar-refractivity contribution in [3.05, 3.63) is 58.4 Å². The topological polar surface area (TPSA) is 86.1 Å². The Balaban J connectivity index is 1.41. The van der Waals surface area contributed by atoms with E-state index in [9.17, 15) is 28.2 Å². The molecule has 0 radical (unpaired) electrons. The largest absolute Gasteiger partial charge is 0.491 e. The van der Waals surface area contributed by atoms with Crippen LogP contribution in [0.25, 0.3) is 0 Å². The molecule has 4 rings (SSSR count). The van der Waals surface area contributed by atoms with Crippen molar-refractivity contribution >= 4 is 5.91 Å². The van der Waals surface area contributed by atoms with E-state index in [4.69, 9.17) is 4.74 Å². The van der Waals surface area contributed by atoms with Gasteiger partial charge in [0.15, 0.2) is 0 Å². The Kier molecular flexibility index (Phi) is 7.32. The molecule has 2 bridgehead atoms. The van der Waals surface area contributed by atoms with E-state index in [0.29, 0.717) is 18.8 Å². The number of pyridine rings is 1. The highest BCUT2D eigenvalue weighted by molar-refractivity contribution is 5.94. The third-order valence-corrected chi connectivity index (χ3v) is 7.54. The van der Waals surface area contributed by atoms with E-state index in [1.165, 1.54) is 13.0 Å². The molecule has 2 aromatic rings. The first-order valence-corrected chi connectivity index (χ1v) is 12.1. The Morgan fingerprint density at radius 3 is 2.39 bits per heavy atom. The molecule has 10 heteroatoms. The van der Waals surface area contributed by atoms with E-state index >= 15 is 0 Å². The van der Waals surface area contributed by atoms with E-state index in [0.717, 1.165) is 35.4 Å². The summed E-state index contributed by atoms with van der Waals surface area (Å²) in [5.41, 5.74) is 2.35. The molecule has 2 N–H and O–H groups in total. The van der Waals surface area contributed by atoms with E-state index in [1.54, 1.807) is 4.90 Å². The SMILES string of the molecule is Cc1c(OC[C@H](O)[C@H](C)O)ccc([C@H](C)N2C[C@@H]3C[C@H]2CN3C(=O)c2ccc(C(F)(F)F)nc2)c1C. The number of ether oxygens (including phenoxy) is 1. The fourth-order valence-corrected chi connectivity index (χ4v) is 5.19. The molecule has 5 atom stereocenters. The second-order valence-corrected chi connectivity index (χ2v) is 9.83. The van der Waals surface area contributed by atoms with Gasteiger partial charge in [0.1, 0.15) is 24.2 Å². The van der Waals surface area contributed by atoms with Crippen LogP contribution in [0.15, 0.2) is 30.5 Å². The van der Waals surface area contributed by atoms with Gasteiger partial charge in [-0.05, 0) is 69.0 Å². The van der Waals surface area contributed by atoms with Crippen LogP contribution >= 0.6 is 0 Å². The highest BCUT2D eigenvalue weighted by Gasteiger charge is 2.47. The number of likely N-dealkylation sites (tertiary alicyclic amines) is 2. The molecular weight excluding hydrogens is 475 g/mol. The predicted molar refractivity (Wildman–Crippen MR) is 127 cm³/mol. The maximum Gasteiger partial charge on any atom is 0.433 e. The monoisotopic (exact) mass is 507 g/mol. The van der Waals surface area contributed by atoms with Crippen LogP contribution in [0.3, 0.4) is 0 Å². The highest BCUT2D eigenvalue weighted by Crippen LogP contribution is 2.39. The van der Waals surface area contributed by atoms with Gasteiger partial charge >= 0.3 is 6.18 Å². The van der Waals surface area contributed by atoms with Crippen LogP contribution in [0.2, 0.25) is 0 Å². The molecule has 1 aromatic carbocycles. The zero-order valence-electron chi connectivity index (χ0n) is 20.8. The van der Waals surface area contributed by atoms with Crippen LogP contribution in [-0.2, 0) is 6.18 Å². The van der Waals surface area contributed by atoms with Crippen molar-refractivity contribution < 1.29 is 32.9 Å². The normalized spacial score (nSPS) is 22.5. The minimum absolute atomic E-state index is 0.00103. The first-order valence-electron chi connectivity index (χ1n) is 12.1. The number of fused-ring (bicyclic) bond motifs is 2. The summed E-state index contributed by atoms with van der Waals surface area (Å²) in [5.74, 6) is 0.372. The lowest BCUT2D eigenvalue weighted by Gasteiger charge is -2.38. The number of carbonyl (C=O) groups excluding carboxylic acids is 1. The van der Waals surface area contributed by atoms with Gasteiger partial charge in [-0.3, -0.25) is 14.7 Å². The van der Waals surface area contributed by atoms with E-state index < -0.39 is 24.1 Å². The van der Waals surface area contributed by atoms with Gasteiger partial charge in [0.25, 0.3) is 5.91 Å². The molecule has 0 unspecified atom stereocenters. The number of nitrogens with zero attached hydrogens (tertiary/aromatic N) is 3. The summed E-state index contributed by atoms with van der Waals surface area (Å²) < 4.78 is 44.1. The number of carbonyl (C=O) groups is 1. The highest BCUT2D eigenvalue weighted by atomic mass is 19.4. The Morgan fingerprint density at radius 1 is 1.11 bits per heavy atom. The minimum Gasteiger partial charge on any atom is -0.491 e. The first kappa shape index (κ1) is 26.4. The third-order valence-electron chi connectivity index (χ3n) is 7.54. The van der Waals surface area contributed by atoms with Crippen LogP contribution in [0.5, 0.6) is 5.75 Å². The van der Waals surface area contributed by atoms with Gasteiger partial charge in [0.05, 0.1) is 11.7 Å². The first-order chi connectivity index (χ1) is 16.9. The molecule has 2 aliphatic heterocycles. The standard InChI is InChI=1S/C26H32F3N3O4/c1-14-15(2)23(36-13-22(34)17(4)33)7-6-21(14)16(3)31-11-20-9-19(31)12-32(20)25(35)18-5-8-24(30-10-18)26(27,28)29/h5-8,10,16-17,19-20,22,33-34H,9,11-13H2,1-4H3/t16-,17-,19-,20-,22-/m0/s1. The quantitative estimate of drug-likeness (QED) is 0.597. The molecule has 196 valence electrons. The predicted octanol–water partition coefficient (Wildman–Crippen LogP) is 3.50. The maximum absolute atomic E-state index is 13.0. The molecule has 1 amide bonds. The summed E-state index contributed by atoms with van der Waals surface area (Å²) >= 11 is 0. The number of amides is 1. The van der Waals surface area contributed by atoms with Crippen molar-refractivity contribution in [3.8, 4) is 5.75 Å². The zero-order valence-corrected chi connectivity index (χ0v) is 20.8. The van der Waals surface area contributed by atoms with Crippen molar-refractivity contribution in [1.82, 2.24) is 14.8 Å². The average molecular weight is 508 g/mol. The number of rotatable bonds is 7. The molecule has 1 aromatic heterocycles. The second-order valence-electron chi connectivity index (χ2n) is 9.83. The second kappa shape index (κ2) is 9.99. The van der Waals surface area contributed by atoms with Gasteiger partial charge < -0.3 is 19.8 Å². The van der Waals surface area contributed by atoms with Gasteiger partial charge in [-0.15, -0.1) is 0 Å².